The quantitative estimate of drug-likeness (QED) is 0.584. The van der Waals surface area contributed by atoms with Crippen molar-refractivity contribution in [1.29, 1.82) is 0 Å². The van der Waals surface area contributed by atoms with Crippen LogP contribution in [0.15, 0.2) is 23.3 Å². The lowest BCUT2D eigenvalue weighted by Crippen LogP contribution is -2.41. The number of fused-ring (bicyclic) bond motifs is 1. The van der Waals surface area contributed by atoms with Crippen molar-refractivity contribution in [2.75, 3.05) is 38.7 Å². The van der Waals surface area contributed by atoms with Crippen LogP contribution in [0.1, 0.15) is 40.9 Å². The average molecular weight is 429 g/mol. The molecule has 0 aromatic carbocycles. The molecule has 1 aliphatic carbocycles. The molecule has 7 nitrogen and oxygen atoms in total. The Hall–Kier alpha value is -2.19. The number of hydrogen-bond donors (Lipinski definition) is 1. The van der Waals surface area contributed by atoms with Gasteiger partial charge >= 0.3 is 0 Å². The molecular formula is C22H32N6OS. The average Bonchev–Trinajstić information content (AvgIpc) is 3.16. The molecule has 1 N–H and O–H groups in total. The number of pyridine rings is 1. The molecular weight excluding hydrogens is 396 g/mol. The van der Waals surface area contributed by atoms with Crippen LogP contribution < -0.4 is 10.2 Å². The molecule has 1 unspecified atom stereocenters. The molecule has 0 spiro atoms. The third kappa shape index (κ3) is 5.10. The Morgan fingerprint density at radius 2 is 2.27 bits per heavy atom. The standard InChI is InChI=1S/C22H32N6OS/c1-16-14-28(10-11-29-16)20-12-17(8-9-24-20)13-25-22(23-2)27(3)15-21-26-18-6-4-5-7-19(18)30-21/h8-9,12,16H,4-7,10-11,13-15H2,1-3H3,(H,23,25). The highest BCUT2D eigenvalue weighted by molar-refractivity contribution is 7.11. The SMILES string of the molecule is CN=C(NCc1ccnc(N2CCOC(C)C2)c1)N(C)Cc1nc2c(s1)CCCC2. The Balaban J connectivity index is 1.35. The van der Waals surface area contributed by atoms with Gasteiger partial charge in [0.25, 0.3) is 0 Å². The van der Waals surface area contributed by atoms with E-state index in [1.54, 1.807) is 0 Å². The molecule has 30 heavy (non-hydrogen) atoms. The fourth-order valence-electron chi connectivity index (χ4n) is 4.09. The molecule has 0 radical (unpaired) electrons. The number of anilines is 1. The van der Waals surface area contributed by atoms with Gasteiger partial charge in [-0.3, -0.25) is 4.99 Å². The molecule has 3 heterocycles. The number of nitrogens with zero attached hydrogens (tertiary/aromatic N) is 5. The normalized spacial score (nSPS) is 19.5. The fourth-order valence-corrected chi connectivity index (χ4v) is 5.30. The summed E-state index contributed by atoms with van der Waals surface area (Å²) < 4.78 is 5.65. The zero-order chi connectivity index (χ0) is 20.9. The van der Waals surface area contributed by atoms with Gasteiger partial charge in [0, 0.05) is 44.8 Å². The number of nitrogens with one attached hydrogen (secondary N) is 1. The van der Waals surface area contributed by atoms with E-state index in [9.17, 15) is 0 Å². The van der Waals surface area contributed by atoms with Gasteiger partial charge in [-0.1, -0.05) is 0 Å². The Bertz CT molecular complexity index is 859. The summed E-state index contributed by atoms with van der Waals surface area (Å²) in [6.45, 7) is 6.12. The predicted molar refractivity (Wildman–Crippen MR) is 122 cm³/mol. The van der Waals surface area contributed by atoms with Crippen LogP contribution in [0.3, 0.4) is 0 Å². The summed E-state index contributed by atoms with van der Waals surface area (Å²) in [4.78, 5) is 19.8. The predicted octanol–water partition coefficient (Wildman–Crippen LogP) is 2.85. The highest BCUT2D eigenvalue weighted by Gasteiger charge is 2.19. The molecule has 1 saturated heterocycles. The molecule has 2 aromatic heterocycles. The van der Waals surface area contributed by atoms with Crippen LogP contribution in [0.2, 0.25) is 0 Å². The van der Waals surface area contributed by atoms with E-state index in [0.717, 1.165) is 44.4 Å². The van der Waals surface area contributed by atoms with Crippen LogP contribution in [0, 0.1) is 0 Å². The molecule has 2 aromatic rings. The third-order valence-corrected chi connectivity index (χ3v) is 6.80. The topological polar surface area (TPSA) is 65.9 Å². The molecule has 4 rings (SSSR count). The first-order valence-corrected chi connectivity index (χ1v) is 11.6. The van der Waals surface area contributed by atoms with Gasteiger partial charge < -0.3 is 19.9 Å². The number of guanidine groups is 1. The van der Waals surface area contributed by atoms with Gasteiger partial charge in [0.2, 0.25) is 0 Å². The van der Waals surface area contributed by atoms with Crippen LogP contribution in [-0.2, 0) is 30.7 Å². The second-order valence-electron chi connectivity index (χ2n) is 8.09. The van der Waals surface area contributed by atoms with Crippen LogP contribution in [0.4, 0.5) is 5.82 Å². The number of aliphatic imine (C=N–C) groups is 1. The number of rotatable bonds is 5. The van der Waals surface area contributed by atoms with Gasteiger partial charge in [-0.05, 0) is 50.3 Å². The number of aromatic nitrogens is 2. The Morgan fingerprint density at radius 3 is 3.07 bits per heavy atom. The lowest BCUT2D eigenvalue weighted by atomic mass is 10.0. The van der Waals surface area contributed by atoms with Crippen molar-refractivity contribution in [2.24, 2.45) is 4.99 Å². The number of hydrogen-bond acceptors (Lipinski definition) is 6. The van der Waals surface area contributed by atoms with Crippen LogP contribution in [0.5, 0.6) is 0 Å². The van der Waals surface area contributed by atoms with E-state index in [1.165, 1.54) is 40.4 Å². The lowest BCUT2D eigenvalue weighted by molar-refractivity contribution is 0.0529. The second kappa shape index (κ2) is 9.75. The number of thiazole rings is 1. The number of morpholine rings is 1. The van der Waals surface area contributed by atoms with Gasteiger partial charge in [0.1, 0.15) is 10.8 Å². The number of ether oxygens (including phenoxy) is 1. The first-order valence-electron chi connectivity index (χ1n) is 10.8. The first kappa shape index (κ1) is 21.1. The highest BCUT2D eigenvalue weighted by atomic mass is 32.1. The first-order chi connectivity index (χ1) is 14.6. The van der Waals surface area contributed by atoms with Crippen molar-refractivity contribution in [3.8, 4) is 0 Å². The van der Waals surface area contributed by atoms with Crippen molar-refractivity contribution in [2.45, 2.75) is 51.8 Å². The zero-order valence-electron chi connectivity index (χ0n) is 18.2. The lowest BCUT2D eigenvalue weighted by Gasteiger charge is -2.32. The summed E-state index contributed by atoms with van der Waals surface area (Å²) in [5.41, 5.74) is 2.51. The van der Waals surface area contributed by atoms with E-state index in [1.807, 2.05) is 24.6 Å². The van der Waals surface area contributed by atoms with Gasteiger partial charge in [0.15, 0.2) is 5.96 Å². The Kier molecular flexibility index (Phi) is 6.84. The summed E-state index contributed by atoms with van der Waals surface area (Å²) >= 11 is 1.86. The minimum Gasteiger partial charge on any atom is -0.375 e. The van der Waals surface area contributed by atoms with Crippen LogP contribution >= 0.6 is 11.3 Å². The van der Waals surface area contributed by atoms with E-state index in [-0.39, 0.29) is 6.10 Å². The smallest absolute Gasteiger partial charge is 0.194 e. The molecule has 0 bridgehead atoms. The fraction of sp³-hybridized carbons (Fsp3) is 0.591. The molecule has 1 aliphatic heterocycles. The van der Waals surface area contributed by atoms with Gasteiger partial charge in [0.05, 0.1) is 24.9 Å². The molecule has 1 fully saturated rings. The third-order valence-electron chi connectivity index (χ3n) is 5.66. The number of aryl methyl sites for hydroxylation is 2. The molecule has 162 valence electrons. The van der Waals surface area contributed by atoms with Crippen molar-refractivity contribution < 1.29 is 4.74 Å². The van der Waals surface area contributed by atoms with Gasteiger partial charge in [-0.25, -0.2) is 9.97 Å². The monoisotopic (exact) mass is 428 g/mol. The summed E-state index contributed by atoms with van der Waals surface area (Å²) in [7, 11) is 3.90. The van der Waals surface area contributed by atoms with E-state index >= 15 is 0 Å². The zero-order valence-corrected chi connectivity index (χ0v) is 19.0. The molecule has 0 amide bonds. The second-order valence-corrected chi connectivity index (χ2v) is 9.26. The minimum atomic E-state index is 0.242. The maximum atomic E-state index is 5.65. The maximum Gasteiger partial charge on any atom is 0.194 e. The Labute approximate surface area is 183 Å². The largest absolute Gasteiger partial charge is 0.375 e. The van der Waals surface area contributed by atoms with E-state index in [0.29, 0.717) is 6.54 Å². The minimum absolute atomic E-state index is 0.242. The van der Waals surface area contributed by atoms with Crippen LogP contribution in [0.25, 0.3) is 0 Å². The van der Waals surface area contributed by atoms with Gasteiger partial charge in [-0.15, -0.1) is 11.3 Å². The van der Waals surface area contributed by atoms with Gasteiger partial charge in [-0.2, -0.15) is 0 Å². The maximum absolute atomic E-state index is 5.65. The molecule has 8 heteroatoms. The Morgan fingerprint density at radius 1 is 1.40 bits per heavy atom. The van der Waals surface area contributed by atoms with E-state index < -0.39 is 0 Å². The summed E-state index contributed by atoms with van der Waals surface area (Å²) in [6, 6.07) is 4.22. The molecule has 2 aliphatic rings. The van der Waals surface area contributed by atoms with Crippen molar-refractivity contribution in [3.05, 3.63) is 39.5 Å². The van der Waals surface area contributed by atoms with Crippen molar-refractivity contribution >= 4 is 23.1 Å². The van der Waals surface area contributed by atoms with Crippen molar-refractivity contribution in [3.63, 3.8) is 0 Å². The summed E-state index contributed by atoms with van der Waals surface area (Å²) in [5, 5.41) is 4.67. The summed E-state index contributed by atoms with van der Waals surface area (Å²) in [5.74, 6) is 1.89. The van der Waals surface area contributed by atoms with E-state index in [2.05, 4.69) is 51.2 Å². The summed E-state index contributed by atoms with van der Waals surface area (Å²) in [6.07, 6.45) is 7.02. The van der Waals surface area contributed by atoms with Crippen LogP contribution in [-0.4, -0.2) is 60.7 Å². The van der Waals surface area contributed by atoms with Crippen molar-refractivity contribution in [1.82, 2.24) is 20.2 Å². The molecule has 0 saturated carbocycles. The van der Waals surface area contributed by atoms with E-state index in [4.69, 9.17) is 9.72 Å². The molecule has 1 atom stereocenters. The highest BCUT2D eigenvalue weighted by Crippen LogP contribution is 2.27.